The number of rotatable bonds is 5. The summed E-state index contributed by atoms with van der Waals surface area (Å²) in [6, 6.07) is 8.24. The van der Waals surface area contributed by atoms with Gasteiger partial charge in [0, 0.05) is 18.8 Å². The summed E-state index contributed by atoms with van der Waals surface area (Å²) in [5.41, 5.74) is 1.32. The number of thioether (sulfide) groups is 1. The summed E-state index contributed by atoms with van der Waals surface area (Å²) >= 11 is 1.86. The van der Waals surface area contributed by atoms with E-state index in [1.807, 2.05) is 23.9 Å². The van der Waals surface area contributed by atoms with E-state index >= 15 is 0 Å². The molecular weight excluding hydrogens is 208 g/mol. The van der Waals surface area contributed by atoms with Crippen LogP contribution in [-0.4, -0.2) is 29.3 Å². The van der Waals surface area contributed by atoms with E-state index in [1.54, 1.807) is 0 Å². The maximum Gasteiger partial charge on any atom is 0.123 e. The summed E-state index contributed by atoms with van der Waals surface area (Å²) in [4.78, 5) is 0. The number of hydrogen-bond donors (Lipinski definition) is 1. The minimum atomic E-state index is 0.290. The Morgan fingerprint density at radius 1 is 1.40 bits per heavy atom. The van der Waals surface area contributed by atoms with Crippen molar-refractivity contribution in [2.45, 2.75) is 18.9 Å². The summed E-state index contributed by atoms with van der Waals surface area (Å²) < 4.78 is 5.80. The molecule has 0 amide bonds. The van der Waals surface area contributed by atoms with E-state index in [0.29, 0.717) is 12.7 Å². The Bertz CT molecular complexity index is 289. The van der Waals surface area contributed by atoms with Crippen molar-refractivity contribution in [3.8, 4) is 5.75 Å². The number of hydrogen-bond acceptors (Lipinski definition) is 3. The Balaban J connectivity index is 1.76. The molecule has 82 valence electrons. The molecule has 1 aromatic carbocycles. The molecule has 0 saturated carbocycles. The molecule has 0 spiro atoms. The molecule has 1 aliphatic rings. The minimum Gasteiger partial charge on any atom is -0.489 e. The van der Waals surface area contributed by atoms with Crippen LogP contribution < -0.4 is 4.74 Å². The minimum absolute atomic E-state index is 0.290. The van der Waals surface area contributed by atoms with E-state index in [0.717, 1.165) is 30.1 Å². The molecule has 1 N–H and O–H groups in total. The van der Waals surface area contributed by atoms with E-state index in [4.69, 9.17) is 9.84 Å². The van der Waals surface area contributed by atoms with Crippen molar-refractivity contribution in [1.29, 1.82) is 0 Å². The van der Waals surface area contributed by atoms with Gasteiger partial charge in [-0.3, -0.25) is 0 Å². The van der Waals surface area contributed by atoms with Gasteiger partial charge in [-0.15, -0.1) is 0 Å². The van der Waals surface area contributed by atoms with E-state index in [2.05, 4.69) is 12.1 Å². The van der Waals surface area contributed by atoms with Gasteiger partial charge >= 0.3 is 0 Å². The van der Waals surface area contributed by atoms with Crippen LogP contribution in [0.1, 0.15) is 12.0 Å². The van der Waals surface area contributed by atoms with Crippen molar-refractivity contribution in [2.24, 2.45) is 0 Å². The normalized spacial score (nSPS) is 18.6. The van der Waals surface area contributed by atoms with Gasteiger partial charge in [-0.1, -0.05) is 18.2 Å². The fourth-order valence-corrected chi connectivity index (χ4v) is 2.68. The third kappa shape index (κ3) is 2.89. The van der Waals surface area contributed by atoms with Gasteiger partial charge in [0.25, 0.3) is 0 Å². The molecule has 2 nitrogen and oxygen atoms in total. The molecule has 0 radical (unpaired) electrons. The van der Waals surface area contributed by atoms with Gasteiger partial charge in [0.1, 0.15) is 11.9 Å². The third-order valence-corrected chi connectivity index (χ3v) is 3.65. The average Bonchev–Trinajstić information content (AvgIpc) is 2.67. The molecule has 1 atom stereocenters. The smallest absolute Gasteiger partial charge is 0.123 e. The fourth-order valence-electron chi connectivity index (χ4n) is 1.73. The molecule has 0 aromatic heterocycles. The lowest BCUT2D eigenvalue weighted by molar-refractivity contribution is 0.259. The lowest BCUT2D eigenvalue weighted by atomic mass is 10.1. The summed E-state index contributed by atoms with van der Waals surface area (Å²) in [5.74, 6) is 3.09. The van der Waals surface area contributed by atoms with Crippen LogP contribution >= 0.6 is 11.8 Å². The number of benzene rings is 1. The van der Waals surface area contributed by atoms with E-state index in [1.165, 1.54) is 5.56 Å². The van der Waals surface area contributed by atoms with E-state index < -0.39 is 0 Å². The van der Waals surface area contributed by atoms with Crippen molar-refractivity contribution in [3.63, 3.8) is 0 Å². The first-order chi connectivity index (χ1) is 7.40. The molecular formula is C12H16O2S. The second-order valence-corrected chi connectivity index (χ2v) is 4.85. The van der Waals surface area contributed by atoms with Crippen molar-refractivity contribution < 1.29 is 9.84 Å². The van der Waals surface area contributed by atoms with Crippen molar-refractivity contribution >= 4 is 11.8 Å². The monoisotopic (exact) mass is 224 g/mol. The molecule has 1 aliphatic heterocycles. The first-order valence-corrected chi connectivity index (χ1v) is 6.49. The standard InChI is InChI=1S/C12H16O2S/c13-6-3-7-15-9-11-8-10-4-1-2-5-12(10)14-11/h1-2,4-5,11,13H,3,6-9H2. The van der Waals surface area contributed by atoms with Crippen molar-refractivity contribution in [3.05, 3.63) is 29.8 Å². The van der Waals surface area contributed by atoms with Crippen LogP contribution in [0.3, 0.4) is 0 Å². The molecule has 15 heavy (non-hydrogen) atoms. The zero-order valence-corrected chi connectivity index (χ0v) is 9.50. The molecule has 0 aliphatic carbocycles. The van der Waals surface area contributed by atoms with Crippen LogP contribution in [0.15, 0.2) is 24.3 Å². The Kier molecular flexibility index (Phi) is 3.92. The Hall–Kier alpha value is -0.670. The molecule has 1 unspecified atom stereocenters. The van der Waals surface area contributed by atoms with Gasteiger partial charge < -0.3 is 9.84 Å². The Morgan fingerprint density at radius 2 is 2.27 bits per heavy atom. The average molecular weight is 224 g/mol. The van der Waals surface area contributed by atoms with Crippen molar-refractivity contribution in [1.82, 2.24) is 0 Å². The van der Waals surface area contributed by atoms with Crippen molar-refractivity contribution in [2.75, 3.05) is 18.1 Å². The topological polar surface area (TPSA) is 29.5 Å². The number of aliphatic hydroxyl groups is 1. The molecule has 2 rings (SSSR count). The van der Waals surface area contributed by atoms with Gasteiger partial charge in [-0.2, -0.15) is 11.8 Å². The third-order valence-electron chi connectivity index (χ3n) is 2.46. The first-order valence-electron chi connectivity index (χ1n) is 5.33. The highest BCUT2D eigenvalue weighted by atomic mass is 32.2. The highest BCUT2D eigenvalue weighted by Crippen LogP contribution is 2.29. The van der Waals surface area contributed by atoms with Gasteiger partial charge in [0.15, 0.2) is 0 Å². The second-order valence-electron chi connectivity index (χ2n) is 3.70. The highest BCUT2D eigenvalue weighted by molar-refractivity contribution is 7.99. The molecule has 0 bridgehead atoms. The first kappa shape index (κ1) is 10.8. The number of fused-ring (bicyclic) bond motifs is 1. The lowest BCUT2D eigenvalue weighted by Gasteiger charge is -2.09. The zero-order chi connectivity index (χ0) is 10.5. The maximum absolute atomic E-state index is 8.66. The maximum atomic E-state index is 8.66. The highest BCUT2D eigenvalue weighted by Gasteiger charge is 2.21. The van der Waals surface area contributed by atoms with E-state index in [-0.39, 0.29) is 0 Å². The van der Waals surface area contributed by atoms with Crippen LogP contribution in [-0.2, 0) is 6.42 Å². The Labute approximate surface area is 94.6 Å². The Morgan fingerprint density at radius 3 is 3.07 bits per heavy atom. The predicted octanol–water partition coefficient (Wildman–Crippen LogP) is 2.11. The van der Waals surface area contributed by atoms with Crippen LogP contribution in [0.5, 0.6) is 5.75 Å². The molecule has 0 saturated heterocycles. The van der Waals surface area contributed by atoms with Gasteiger partial charge in [-0.25, -0.2) is 0 Å². The quantitative estimate of drug-likeness (QED) is 0.777. The zero-order valence-electron chi connectivity index (χ0n) is 8.69. The van der Waals surface area contributed by atoms with E-state index in [9.17, 15) is 0 Å². The molecule has 1 heterocycles. The summed E-state index contributed by atoms with van der Waals surface area (Å²) in [6.07, 6.45) is 2.23. The van der Waals surface area contributed by atoms with Crippen LogP contribution in [0.2, 0.25) is 0 Å². The summed E-state index contributed by atoms with van der Waals surface area (Å²) in [5, 5.41) is 8.66. The fraction of sp³-hybridized carbons (Fsp3) is 0.500. The summed E-state index contributed by atoms with van der Waals surface area (Å²) in [7, 11) is 0. The molecule has 3 heteroatoms. The van der Waals surface area contributed by atoms with Crippen LogP contribution in [0, 0.1) is 0 Å². The van der Waals surface area contributed by atoms with Gasteiger partial charge in [0.05, 0.1) is 0 Å². The predicted molar refractivity (Wildman–Crippen MR) is 63.6 cm³/mol. The second kappa shape index (κ2) is 5.42. The van der Waals surface area contributed by atoms with Gasteiger partial charge in [-0.05, 0) is 23.8 Å². The van der Waals surface area contributed by atoms with Crippen LogP contribution in [0.25, 0.3) is 0 Å². The largest absolute Gasteiger partial charge is 0.489 e. The SMILES string of the molecule is OCCCSCC1Cc2ccccc2O1. The van der Waals surface area contributed by atoms with Crippen LogP contribution in [0.4, 0.5) is 0 Å². The lowest BCUT2D eigenvalue weighted by Crippen LogP contribution is -2.16. The molecule has 0 fully saturated rings. The number of ether oxygens (including phenoxy) is 1. The van der Waals surface area contributed by atoms with Gasteiger partial charge in [0.2, 0.25) is 0 Å². The number of para-hydroxylation sites is 1. The summed E-state index contributed by atoms with van der Waals surface area (Å²) in [6.45, 7) is 0.290. The number of aliphatic hydroxyl groups excluding tert-OH is 1. The molecule has 1 aromatic rings.